The lowest BCUT2D eigenvalue weighted by atomic mass is 10.1. The second-order valence-corrected chi connectivity index (χ2v) is 4.06. The summed E-state index contributed by atoms with van der Waals surface area (Å²) in [4.78, 5) is 15.3. The van der Waals surface area contributed by atoms with E-state index < -0.39 is 0 Å². The van der Waals surface area contributed by atoms with Gasteiger partial charge in [-0.3, -0.25) is 9.79 Å². The third kappa shape index (κ3) is 11.1. The van der Waals surface area contributed by atoms with Crippen LogP contribution in [-0.2, 0) is 9.53 Å². The molecule has 0 aliphatic rings. The summed E-state index contributed by atoms with van der Waals surface area (Å²) < 4.78 is 4.58. The molecule has 5 nitrogen and oxygen atoms in total. The average molecular weight is 267 g/mol. The number of hydrogen-bond acceptors (Lipinski definition) is 3. The maximum atomic E-state index is 10.9. The Balaban J connectivity index is 3.62. The predicted octanol–water partition coefficient (Wildman–Crippen LogP) is 1.30. The van der Waals surface area contributed by atoms with Crippen molar-refractivity contribution in [2.24, 2.45) is 4.99 Å². The van der Waals surface area contributed by atoms with Gasteiger partial charge in [0.25, 0.3) is 0 Å². The monoisotopic (exact) mass is 267 g/mol. The van der Waals surface area contributed by atoms with Crippen LogP contribution in [0.25, 0.3) is 0 Å². The van der Waals surface area contributed by atoms with Gasteiger partial charge < -0.3 is 15.4 Å². The molecule has 0 spiro atoms. The lowest BCUT2D eigenvalue weighted by Gasteiger charge is -2.08. The van der Waals surface area contributed by atoms with Crippen molar-refractivity contribution in [3.63, 3.8) is 0 Å². The number of guanidine groups is 1. The van der Waals surface area contributed by atoms with E-state index in [4.69, 9.17) is 6.42 Å². The predicted molar refractivity (Wildman–Crippen MR) is 77.9 cm³/mol. The zero-order chi connectivity index (χ0) is 14.3. The number of ether oxygens (including phenoxy) is 1. The van der Waals surface area contributed by atoms with Crippen LogP contribution in [0.3, 0.4) is 0 Å². The summed E-state index contributed by atoms with van der Waals surface area (Å²) in [5.74, 6) is 3.14. The maximum Gasteiger partial charge on any atom is 0.305 e. The molecule has 0 aromatic rings. The van der Waals surface area contributed by atoms with Crippen LogP contribution in [-0.4, -0.2) is 38.7 Å². The standard InChI is InChI=1S/C14H25N3O2/c1-4-11-16-14(15-5-2)17-12-9-7-6-8-10-13(18)19-3/h1H,5-12H2,2-3H3,(H2,15,16,17). The highest BCUT2D eigenvalue weighted by molar-refractivity contribution is 5.79. The summed E-state index contributed by atoms with van der Waals surface area (Å²) >= 11 is 0. The molecule has 0 atom stereocenters. The van der Waals surface area contributed by atoms with Gasteiger partial charge in [-0.2, -0.15) is 0 Å². The lowest BCUT2D eigenvalue weighted by molar-refractivity contribution is -0.140. The number of hydrogen-bond donors (Lipinski definition) is 2. The van der Waals surface area contributed by atoms with Gasteiger partial charge in [-0.1, -0.05) is 18.8 Å². The molecular formula is C14H25N3O2. The number of esters is 1. The first-order valence-electron chi connectivity index (χ1n) is 6.77. The molecule has 0 bridgehead atoms. The second kappa shape index (κ2) is 12.7. The van der Waals surface area contributed by atoms with E-state index in [1.54, 1.807) is 0 Å². The minimum atomic E-state index is -0.133. The molecule has 2 N–H and O–H groups in total. The van der Waals surface area contributed by atoms with Crippen LogP contribution in [0.15, 0.2) is 4.99 Å². The van der Waals surface area contributed by atoms with E-state index in [9.17, 15) is 4.79 Å². The fraction of sp³-hybridized carbons (Fsp3) is 0.714. The Bertz CT molecular complexity index is 308. The molecule has 0 aromatic heterocycles. The molecule has 0 unspecified atom stereocenters. The van der Waals surface area contributed by atoms with Crippen molar-refractivity contribution in [2.75, 3.05) is 26.7 Å². The van der Waals surface area contributed by atoms with Crippen molar-refractivity contribution in [3.05, 3.63) is 0 Å². The van der Waals surface area contributed by atoms with Crippen LogP contribution >= 0.6 is 0 Å². The Kier molecular flexibility index (Phi) is 11.6. The summed E-state index contributed by atoms with van der Waals surface area (Å²) in [6, 6.07) is 0. The largest absolute Gasteiger partial charge is 0.469 e. The summed E-state index contributed by atoms with van der Waals surface area (Å²) in [5.41, 5.74) is 0. The summed E-state index contributed by atoms with van der Waals surface area (Å²) in [6.07, 6.45) is 9.67. The van der Waals surface area contributed by atoms with Gasteiger partial charge in [-0.25, -0.2) is 0 Å². The Morgan fingerprint density at radius 1 is 1.26 bits per heavy atom. The van der Waals surface area contributed by atoms with E-state index in [-0.39, 0.29) is 5.97 Å². The van der Waals surface area contributed by atoms with E-state index in [1.165, 1.54) is 7.11 Å². The van der Waals surface area contributed by atoms with Gasteiger partial charge in [-0.05, 0) is 19.8 Å². The molecule has 0 rings (SSSR count). The zero-order valence-corrected chi connectivity index (χ0v) is 12.0. The highest BCUT2D eigenvalue weighted by Gasteiger charge is 1.99. The molecule has 5 heteroatoms. The Morgan fingerprint density at radius 3 is 2.63 bits per heavy atom. The van der Waals surface area contributed by atoms with Crippen molar-refractivity contribution >= 4 is 11.9 Å². The highest BCUT2D eigenvalue weighted by atomic mass is 16.5. The summed E-state index contributed by atoms with van der Waals surface area (Å²) in [5, 5.41) is 6.16. The van der Waals surface area contributed by atoms with Crippen LogP contribution in [0.4, 0.5) is 0 Å². The van der Waals surface area contributed by atoms with Gasteiger partial charge >= 0.3 is 5.97 Å². The number of unbranched alkanes of at least 4 members (excludes halogenated alkanes) is 3. The lowest BCUT2D eigenvalue weighted by Crippen LogP contribution is -2.37. The third-order valence-corrected chi connectivity index (χ3v) is 2.49. The minimum Gasteiger partial charge on any atom is -0.469 e. The Labute approximate surface area is 116 Å². The van der Waals surface area contributed by atoms with E-state index in [1.807, 2.05) is 6.92 Å². The number of nitrogens with zero attached hydrogens (tertiary/aromatic N) is 1. The quantitative estimate of drug-likeness (QED) is 0.217. The van der Waals surface area contributed by atoms with Gasteiger partial charge in [0.1, 0.15) is 0 Å². The summed E-state index contributed by atoms with van der Waals surface area (Å²) in [7, 11) is 1.42. The number of carbonyl (C=O) groups excluding carboxylic acids is 1. The number of aliphatic imine (C=N–C) groups is 1. The molecular weight excluding hydrogens is 242 g/mol. The topological polar surface area (TPSA) is 62.7 Å². The molecule has 0 saturated carbocycles. The summed E-state index contributed by atoms with van der Waals surface area (Å²) in [6.45, 7) is 4.07. The number of nitrogens with one attached hydrogen (secondary N) is 2. The van der Waals surface area contributed by atoms with Crippen molar-refractivity contribution < 1.29 is 9.53 Å². The number of rotatable bonds is 9. The molecule has 0 amide bonds. The Morgan fingerprint density at radius 2 is 2.00 bits per heavy atom. The first-order valence-corrected chi connectivity index (χ1v) is 6.77. The van der Waals surface area contributed by atoms with Gasteiger partial charge in [-0.15, -0.1) is 6.42 Å². The van der Waals surface area contributed by atoms with Gasteiger partial charge in [0, 0.05) is 19.5 Å². The van der Waals surface area contributed by atoms with Crippen LogP contribution in [0.1, 0.15) is 39.0 Å². The molecule has 0 radical (unpaired) electrons. The molecule has 19 heavy (non-hydrogen) atoms. The van der Waals surface area contributed by atoms with Gasteiger partial charge in [0.2, 0.25) is 0 Å². The van der Waals surface area contributed by atoms with E-state index in [2.05, 4.69) is 26.3 Å². The number of carbonyl (C=O) groups is 1. The molecule has 0 heterocycles. The molecule has 0 aromatic carbocycles. The van der Waals surface area contributed by atoms with E-state index in [0.29, 0.717) is 13.0 Å². The molecule has 0 saturated heterocycles. The Hall–Kier alpha value is -1.70. The first-order chi connectivity index (χ1) is 9.24. The first kappa shape index (κ1) is 17.3. The smallest absolute Gasteiger partial charge is 0.305 e. The van der Waals surface area contributed by atoms with Crippen LogP contribution in [0, 0.1) is 12.3 Å². The second-order valence-electron chi connectivity index (χ2n) is 4.06. The van der Waals surface area contributed by atoms with Crippen LogP contribution in [0.5, 0.6) is 0 Å². The molecule has 108 valence electrons. The van der Waals surface area contributed by atoms with Crippen molar-refractivity contribution in [3.8, 4) is 12.3 Å². The van der Waals surface area contributed by atoms with Crippen LogP contribution in [0.2, 0.25) is 0 Å². The average Bonchev–Trinajstić information content (AvgIpc) is 2.43. The SMILES string of the molecule is C#CCNC(=NCCCCCCC(=O)OC)NCC. The van der Waals surface area contributed by atoms with Gasteiger partial charge in [0.15, 0.2) is 5.96 Å². The normalized spacial score (nSPS) is 10.7. The third-order valence-electron chi connectivity index (χ3n) is 2.49. The minimum absolute atomic E-state index is 0.133. The van der Waals surface area contributed by atoms with Crippen LogP contribution < -0.4 is 10.6 Å². The maximum absolute atomic E-state index is 10.9. The molecule has 0 aliphatic heterocycles. The highest BCUT2D eigenvalue weighted by Crippen LogP contribution is 2.03. The molecule has 0 fully saturated rings. The van der Waals surface area contributed by atoms with E-state index in [0.717, 1.165) is 44.7 Å². The van der Waals surface area contributed by atoms with Gasteiger partial charge in [0.05, 0.1) is 13.7 Å². The van der Waals surface area contributed by atoms with Crippen molar-refractivity contribution in [2.45, 2.75) is 39.0 Å². The fourth-order valence-corrected chi connectivity index (χ4v) is 1.50. The number of terminal acetylenes is 1. The fourth-order valence-electron chi connectivity index (χ4n) is 1.50. The van der Waals surface area contributed by atoms with Crippen molar-refractivity contribution in [1.82, 2.24) is 10.6 Å². The van der Waals surface area contributed by atoms with E-state index >= 15 is 0 Å². The van der Waals surface area contributed by atoms with Crippen molar-refractivity contribution in [1.29, 1.82) is 0 Å². The number of methoxy groups -OCH3 is 1. The zero-order valence-electron chi connectivity index (χ0n) is 12.0. The molecule has 0 aliphatic carbocycles.